The first-order valence-corrected chi connectivity index (χ1v) is 10.1. The second-order valence-electron chi connectivity index (χ2n) is 8.35. The molecular formula is C19H31N3O2. The maximum atomic E-state index is 12.9. The molecule has 3 aliphatic carbocycles. The largest absolute Gasteiger partial charge is 0.352 e. The highest BCUT2D eigenvalue weighted by molar-refractivity contribution is 5.89. The van der Waals surface area contributed by atoms with Crippen LogP contribution in [0, 0.1) is 5.92 Å². The molecule has 0 aromatic carbocycles. The second kappa shape index (κ2) is 6.93. The normalized spacial score (nSPS) is 33.8. The lowest BCUT2D eigenvalue weighted by molar-refractivity contribution is -0.127. The van der Waals surface area contributed by atoms with Crippen LogP contribution in [-0.4, -0.2) is 41.0 Å². The molecule has 0 aromatic rings. The molecule has 2 bridgehead atoms. The highest BCUT2D eigenvalue weighted by atomic mass is 16.2. The number of nitrogens with zero attached hydrogens (tertiary/aromatic N) is 1. The fourth-order valence-electron chi connectivity index (χ4n) is 5.47. The van der Waals surface area contributed by atoms with Gasteiger partial charge in [0.25, 0.3) is 0 Å². The Morgan fingerprint density at radius 2 is 1.38 bits per heavy atom. The Hall–Kier alpha value is -1.26. The maximum Gasteiger partial charge on any atom is 0.318 e. The van der Waals surface area contributed by atoms with Crippen LogP contribution in [0.3, 0.4) is 0 Å². The number of fused-ring (bicyclic) bond motifs is 2. The van der Waals surface area contributed by atoms with Crippen LogP contribution in [0.4, 0.5) is 4.79 Å². The van der Waals surface area contributed by atoms with Crippen LogP contribution in [0.2, 0.25) is 0 Å². The average Bonchev–Trinajstić information content (AvgIpc) is 3.32. The van der Waals surface area contributed by atoms with E-state index in [1.165, 1.54) is 32.1 Å². The minimum absolute atomic E-state index is 0.0145. The molecule has 4 fully saturated rings. The van der Waals surface area contributed by atoms with Gasteiger partial charge in [0.15, 0.2) is 0 Å². The molecule has 0 spiro atoms. The molecule has 5 heteroatoms. The Morgan fingerprint density at radius 3 is 2.08 bits per heavy atom. The molecule has 1 aliphatic heterocycles. The van der Waals surface area contributed by atoms with Crippen LogP contribution in [-0.2, 0) is 4.79 Å². The van der Waals surface area contributed by atoms with Gasteiger partial charge in [0, 0.05) is 18.1 Å². The summed E-state index contributed by atoms with van der Waals surface area (Å²) in [5, 5.41) is 6.46. The highest BCUT2D eigenvalue weighted by Crippen LogP contribution is 2.42. The van der Waals surface area contributed by atoms with E-state index in [0.29, 0.717) is 18.0 Å². The summed E-state index contributed by atoms with van der Waals surface area (Å²) in [6.07, 6.45) is 13.7. The minimum Gasteiger partial charge on any atom is -0.352 e. The van der Waals surface area contributed by atoms with E-state index >= 15 is 0 Å². The third-order valence-corrected chi connectivity index (χ3v) is 6.72. The van der Waals surface area contributed by atoms with Crippen molar-refractivity contribution in [2.75, 3.05) is 0 Å². The maximum absolute atomic E-state index is 12.9. The molecular weight excluding hydrogens is 302 g/mol. The SMILES string of the molecule is O=C(NC1CCCC1)[C@@H]1[C@H]2CC[C@@H](C2)N1C(=O)NC1CCCCC1. The lowest BCUT2D eigenvalue weighted by Gasteiger charge is -2.36. The third kappa shape index (κ3) is 3.14. The number of piperidine rings is 1. The molecule has 0 unspecified atom stereocenters. The summed E-state index contributed by atoms with van der Waals surface area (Å²) in [5.74, 6) is 0.474. The van der Waals surface area contributed by atoms with Gasteiger partial charge < -0.3 is 15.5 Å². The Labute approximate surface area is 144 Å². The number of urea groups is 1. The van der Waals surface area contributed by atoms with Crippen molar-refractivity contribution < 1.29 is 9.59 Å². The number of carbonyl (C=O) groups is 2. The van der Waals surface area contributed by atoms with Gasteiger partial charge in [-0.3, -0.25) is 4.79 Å². The molecule has 3 atom stereocenters. The van der Waals surface area contributed by atoms with Crippen molar-refractivity contribution in [3.63, 3.8) is 0 Å². The summed E-state index contributed by atoms with van der Waals surface area (Å²) in [6.45, 7) is 0. The van der Waals surface area contributed by atoms with Crippen molar-refractivity contribution in [1.29, 1.82) is 0 Å². The van der Waals surface area contributed by atoms with E-state index < -0.39 is 0 Å². The zero-order valence-electron chi connectivity index (χ0n) is 14.6. The van der Waals surface area contributed by atoms with Gasteiger partial charge >= 0.3 is 6.03 Å². The van der Waals surface area contributed by atoms with Crippen LogP contribution in [0.1, 0.15) is 77.0 Å². The predicted molar refractivity (Wildman–Crippen MR) is 92.6 cm³/mol. The molecule has 0 radical (unpaired) electrons. The third-order valence-electron chi connectivity index (χ3n) is 6.72. The first kappa shape index (κ1) is 16.2. The molecule has 134 valence electrons. The molecule has 24 heavy (non-hydrogen) atoms. The van der Waals surface area contributed by atoms with Gasteiger partial charge in [0.05, 0.1) is 0 Å². The summed E-state index contributed by atoms with van der Waals surface area (Å²) in [7, 11) is 0. The molecule has 1 saturated heterocycles. The van der Waals surface area contributed by atoms with Gasteiger partial charge in [-0.15, -0.1) is 0 Å². The Morgan fingerprint density at radius 1 is 0.750 bits per heavy atom. The van der Waals surface area contributed by atoms with Crippen LogP contribution >= 0.6 is 0 Å². The van der Waals surface area contributed by atoms with E-state index in [2.05, 4.69) is 10.6 Å². The molecule has 1 heterocycles. The lowest BCUT2D eigenvalue weighted by Crippen LogP contribution is -2.57. The summed E-state index contributed by atoms with van der Waals surface area (Å²) in [6, 6.07) is 0.704. The molecule has 5 nitrogen and oxygen atoms in total. The zero-order chi connectivity index (χ0) is 16.5. The number of hydrogen-bond acceptors (Lipinski definition) is 2. The lowest BCUT2D eigenvalue weighted by atomic mass is 9.95. The monoisotopic (exact) mass is 333 g/mol. The van der Waals surface area contributed by atoms with Crippen LogP contribution in [0.15, 0.2) is 0 Å². The van der Waals surface area contributed by atoms with Crippen molar-refractivity contribution in [3.8, 4) is 0 Å². The highest BCUT2D eigenvalue weighted by Gasteiger charge is 2.51. The van der Waals surface area contributed by atoms with Crippen LogP contribution < -0.4 is 10.6 Å². The van der Waals surface area contributed by atoms with Gasteiger partial charge in [-0.2, -0.15) is 0 Å². The van der Waals surface area contributed by atoms with Gasteiger partial charge in [0.1, 0.15) is 6.04 Å². The predicted octanol–water partition coefficient (Wildman–Crippen LogP) is 2.94. The summed E-state index contributed by atoms with van der Waals surface area (Å²) < 4.78 is 0. The fourth-order valence-corrected chi connectivity index (χ4v) is 5.47. The van der Waals surface area contributed by atoms with E-state index in [1.807, 2.05) is 4.90 Å². The minimum atomic E-state index is -0.229. The van der Waals surface area contributed by atoms with E-state index in [0.717, 1.165) is 44.9 Å². The first-order chi connectivity index (χ1) is 11.7. The van der Waals surface area contributed by atoms with Crippen LogP contribution in [0.5, 0.6) is 0 Å². The molecule has 4 aliphatic rings. The standard InChI is InChI=1S/C19H31N3O2/c23-18(20-14-8-4-5-9-14)17-13-10-11-16(12-13)22(17)19(24)21-15-6-2-1-3-7-15/h13-17H,1-12H2,(H,20,23)(H,21,24)/t13-,16-,17-/m0/s1. The van der Waals surface area contributed by atoms with Crippen LogP contribution in [0.25, 0.3) is 0 Å². The topological polar surface area (TPSA) is 61.4 Å². The second-order valence-corrected chi connectivity index (χ2v) is 8.35. The van der Waals surface area contributed by atoms with Gasteiger partial charge in [0.2, 0.25) is 5.91 Å². The molecule has 0 aromatic heterocycles. The summed E-state index contributed by atoms with van der Waals surface area (Å²) in [4.78, 5) is 27.7. The van der Waals surface area contributed by atoms with E-state index in [1.54, 1.807) is 0 Å². The number of hydrogen-bond donors (Lipinski definition) is 2. The smallest absolute Gasteiger partial charge is 0.318 e. The van der Waals surface area contributed by atoms with E-state index in [4.69, 9.17) is 0 Å². The van der Waals surface area contributed by atoms with Crippen molar-refractivity contribution >= 4 is 11.9 Å². The quantitative estimate of drug-likeness (QED) is 0.834. The molecule has 4 rings (SSSR count). The number of rotatable bonds is 3. The van der Waals surface area contributed by atoms with Crippen molar-refractivity contribution in [1.82, 2.24) is 15.5 Å². The first-order valence-electron chi connectivity index (χ1n) is 10.1. The number of nitrogens with one attached hydrogen (secondary N) is 2. The Bertz CT molecular complexity index is 483. The Kier molecular flexibility index (Phi) is 4.68. The van der Waals surface area contributed by atoms with E-state index in [9.17, 15) is 9.59 Å². The van der Waals surface area contributed by atoms with Gasteiger partial charge in [-0.25, -0.2) is 4.79 Å². The average molecular weight is 333 g/mol. The van der Waals surface area contributed by atoms with Gasteiger partial charge in [-0.05, 0) is 50.9 Å². The zero-order valence-corrected chi connectivity index (χ0v) is 14.6. The molecule has 3 amide bonds. The van der Waals surface area contributed by atoms with Crippen molar-refractivity contribution in [2.45, 2.75) is 101 Å². The number of amides is 3. The van der Waals surface area contributed by atoms with Crippen molar-refractivity contribution in [3.05, 3.63) is 0 Å². The molecule has 3 saturated carbocycles. The fraction of sp³-hybridized carbons (Fsp3) is 0.895. The Balaban J connectivity index is 1.41. The summed E-state index contributed by atoms with van der Waals surface area (Å²) >= 11 is 0. The van der Waals surface area contributed by atoms with Gasteiger partial charge in [-0.1, -0.05) is 32.1 Å². The van der Waals surface area contributed by atoms with E-state index in [-0.39, 0.29) is 24.0 Å². The van der Waals surface area contributed by atoms with Crippen molar-refractivity contribution in [2.24, 2.45) is 5.92 Å². The number of likely N-dealkylation sites (tertiary alicyclic amines) is 1. The molecule has 2 N–H and O–H groups in total. The number of carbonyl (C=O) groups excluding carboxylic acids is 2. The summed E-state index contributed by atoms with van der Waals surface area (Å²) in [5.41, 5.74) is 0.